The Morgan fingerprint density at radius 3 is 2.89 bits per heavy atom. The molecule has 1 aromatic carbocycles. The fraction of sp³-hybridized carbons (Fsp3) is 0.364. The highest BCUT2D eigenvalue weighted by atomic mass is 32.2. The van der Waals surface area contributed by atoms with Crippen LogP contribution < -0.4 is 15.2 Å². The summed E-state index contributed by atoms with van der Waals surface area (Å²) in [7, 11) is -3.74. The number of unbranched alkanes of at least 4 members (excludes halogenated alkanes) is 1. The van der Waals surface area contributed by atoms with Crippen molar-refractivity contribution < 1.29 is 13.2 Å². The Morgan fingerprint density at radius 1 is 1.37 bits per heavy atom. The molecule has 0 fully saturated rings. The van der Waals surface area contributed by atoms with Gasteiger partial charge in [0, 0.05) is 0 Å². The third kappa shape index (κ3) is 3.32. The summed E-state index contributed by atoms with van der Waals surface area (Å²) in [4.78, 5) is 0. The van der Waals surface area contributed by atoms with E-state index < -0.39 is 10.2 Å². The van der Waals surface area contributed by atoms with E-state index in [1.165, 1.54) is 0 Å². The van der Waals surface area contributed by atoms with E-state index in [2.05, 4.69) is 21.7 Å². The van der Waals surface area contributed by atoms with Crippen molar-refractivity contribution in [2.45, 2.75) is 12.8 Å². The summed E-state index contributed by atoms with van der Waals surface area (Å²) in [6, 6.07) is 5.06. The molecule has 0 bridgehead atoms. The van der Waals surface area contributed by atoms with Crippen molar-refractivity contribution in [1.29, 1.82) is 0 Å². The van der Waals surface area contributed by atoms with Crippen molar-refractivity contribution in [2.75, 3.05) is 17.1 Å². The van der Waals surface area contributed by atoms with E-state index in [0.717, 1.165) is 18.6 Å². The van der Waals surface area contributed by atoms with E-state index in [9.17, 15) is 8.42 Å². The highest BCUT2D eigenvalue weighted by Gasteiger charge is 2.24. The summed E-state index contributed by atoms with van der Waals surface area (Å²) in [5.74, 6) is 1.28. The van der Waals surface area contributed by atoms with Gasteiger partial charge in [-0.15, -0.1) is 4.40 Å². The Morgan fingerprint density at radius 2 is 2.16 bits per heavy atom. The molecule has 3 N–H and O–H groups in total. The maximum absolute atomic E-state index is 11.4. The van der Waals surface area contributed by atoms with Gasteiger partial charge < -0.3 is 10.5 Å². The van der Waals surface area contributed by atoms with Gasteiger partial charge in [-0.3, -0.25) is 4.72 Å². The first kappa shape index (κ1) is 14.0. The molecule has 6 nitrogen and oxygen atoms in total. The predicted molar refractivity (Wildman–Crippen MR) is 78.3 cm³/mol. The lowest BCUT2D eigenvalue weighted by molar-refractivity contribution is 0.309. The van der Waals surface area contributed by atoms with E-state index in [4.69, 9.17) is 10.5 Å². The SMILES string of the molecule is NC1=NS(=O)(=O)Nc2cccc(OCCCCS)c21. The summed E-state index contributed by atoms with van der Waals surface area (Å²) in [5.41, 5.74) is 6.57. The van der Waals surface area contributed by atoms with Gasteiger partial charge in [-0.2, -0.15) is 21.0 Å². The van der Waals surface area contributed by atoms with Crippen molar-refractivity contribution in [2.24, 2.45) is 10.1 Å². The van der Waals surface area contributed by atoms with Crippen molar-refractivity contribution in [3.05, 3.63) is 23.8 Å². The Balaban J connectivity index is 2.24. The number of fused-ring (bicyclic) bond motifs is 1. The molecule has 8 heteroatoms. The molecular weight excluding hydrogens is 286 g/mol. The van der Waals surface area contributed by atoms with E-state index in [0.29, 0.717) is 23.6 Å². The van der Waals surface area contributed by atoms with Crippen LogP contribution in [0.2, 0.25) is 0 Å². The number of anilines is 1. The summed E-state index contributed by atoms with van der Waals surface area (Å²) < 4.78 is 34.2. The van der Waals surface area contributed by atoms with E-state index in [1.807, 2.05) is 0 Å². The quantitative estimate of drug-likeness (QED) is 0.562. The number of amidine groups is 1. The van der Waals surface area contributed by atoms with Gasteiger partial charge >= 0.3 is 10.2 Å². The Bertz CT molecular complexity index is 599. The van der Waals surface area contributed by atoms with E-state index >= 15 is 0 Å². The predicted octanol–water partition coefficient (Wildman–Crippen LogP) is 1.15. The fourth-order valence-corrected chi connectivity index (χ4v) is 2.80. The molecule has 0 saturated heterocycles. The molecule has 19 heavy (non-hydrogen) atoms. The van der Waals surface area contributed by atoms with Crippen LogP contribution in [0.5, 0.6) is 5.75 Å². The molecule has 0 spiro atoms. The van der Waals surface area contributed by atoms with Crippen molar-refractivity contribution in [1.82, 2.24) is 0 Å². The molecule has 0 atom stereocenters. The van der Waals surface area contributed by atoms with Gasteiger partial charge in [0.05, 0.1) is 17.9 Å². The number of thiol groups is 1. The molecule has 1 aromatic rings. The second-order valence-electron chi connectivity index (χ2n) is 4.01. The first-order chi connectivity index (χ1) is 9.03. The molecular formula is C11H15N3O3S2. The van der Waals surface area contributed by atoms with Crippen molar-refractivity contribution in [3.8, 4) is 5.75 Å². The number of benzene rings is 1. The number of ether oxygens (including phenoxy) is 1. The van der Waals surface area contributed by atoms with Gasteiger partial charge in [-0.25, -0.2) is 0 Å². The van der Waals surface area contributed by atoms with Crippen LogP contribution in [0.3, 0.4) is 0 Å². The number of hydrogen-bond acceptors (Lipinski definition) is 5. The monoisotopic (exact) mass is 301 g/mol. The van der Waals surface area contributed by atoms with Crippen molar-refractivity contribution in [3.63, 3.8) is 0 Å². The number of nitrogens with one attached hydrogen (secondary N) is 1. The van der Waals surface area contributed by atoms with Gasteiger partial charge in [0.1, 0.15) is 5.75 Å². The van der Waals surface area contributed by atoms with Gasteiger partial charge in [-0.05, 0) is 30.7 Å². The Kier molecular flexibility index (Phi) is 4.20. The summed E-state index contributed by atoms with van der Waals surface area (Å²) in [6.45, 7) is 0.525. The van der Waals surface area contributed by atoms with Gasteiger partial charge in [0.25, 0.3) is 0 Å². The largest absolute Gasteiger partial charge is 0.493 e. The molecule has 1 aliphatic heterocycles. The molecule has 104 valence electrons. The molecule has 0 amide bonds. The third-order valence-corrected chi connectivity index (χ3v) is 3.78. The van der Waals surface area contributed by atoms with Gasteiger partial charge in [-0.1, -0.05) is 6.07 Å². The molecule has 1 heterocycles. The molecule has 2 rings (SSSR count). The lowest BCUT2D eigenvalue weighted by Crippen LogP contribution is -2.27. The van der Waals surface area contributed by atoms with Crippen LogP contribution in [-0.4, -0.2) is 26.6 Å². The van der Waals surface area contributed by atoms with Crippen LogP contribution in [0.1, 0.15) is 18.4 Å². The van der Waals surface area contributed by atoms with Crippen LogP contribution in [0, 0.1) is 0 Å². The van der Waals surface area contributed by atoms with Crippen LogP contribution in [0.15, 0.2) is 22.6 Å². The number of hydrogen-bond donors (Lipinski definition) is 3. The van der Waals surface area contributed by atoms with Crippen molar-refractivity contribution >= 4 is 34.4 Å². The minimum Gasteiger partial charge on any atom is -0.493 e. The van der Waals surface area contributed by atoms with Crippen LogP contribution in [-0.2, 0) is 10.2 Å². The summed E-state index contributed by atoms with van der Waals surface area (Å²) >= 11 is 4.12. The highest BCUT2D eigenvalue weighted by molar-refractivity contribution is 7.91. The lowest BCUT2D eigenvalue weighted by Gasteiger charge is -2.19. The lowest BCUT2D eigenvalue weighted by atomic mass is 10.1. The topological polar surface area (TPSA) is 93.8 Å². The smallest absolute Gasteiger partial charge is 0.344 e. The van der Waals surface area contributed by atoms with E-state index in [1.54, 1.807) is 18.2 Å². The molecule has 0 saturated carbocycles. The second-order valence-corrected chi connectivity index (χ2v) is 5.80. The zero-order valence-electron chi connectivity index (χ0n) is 10.2. The maximum atomic E-state index is 11.4. The minimum atomic E-state index is -3.74. The first-order valence-corrected chi connectivity index (χ1v) is 7.86. The molecule has 0 aromatic heterocycles. The first-order valence-electron chi connectivity index (χ1n) is 5.79. The van der Waals surface area contributed by atoms with Crippen LogP contribution in [0.25, 0.3) is 0 Å². The maximum Gasteiger partial charge on any atom is 0.344 e. The molecule has 0 unspecified atom stereocenters. The minimum absolute atomic E-state index is 0.0569. The summed E-state index contributed by atoms with van der Waals surface area (Å²) in [5, 5.41) is 0. The van der Waals surface area contributed by atoms with E-state index in [-0.39, 0.29) is 5.84 Å². The van der Waals surface area contributed by atoms with Crippen LogP contribution >= 0.6 is 12.6 Å². The Labute approximate surface area is 117 Å². The zero-order chi connectivity index (χ0) is 13.9. The normalized spacial score (nSPS) is 16.2. The molecule has 1 aliphatic rings. The highest BCUT2D eigenvalue weighted by Crippen LogP contribution is 2.30. The number of nitrogens with two attached hydrogens (primary N) is 1. The molecule has 0 aliphatic carbocycles. The molecule has 0 radical (unpaired) electrons. The number of nitrogens with zero attached hydrogens (tertiary/aromatic N) is 1. The van der Waals surface area contributed by atoms with Crippen LogP contribution in [0.4, 0.5) is 5.69 Å². The van der Waals surface area contributed by atoms with Gasteiger partial charge in [0.15, 0.2) is 5.84 Å². The van der Waals surface area contributed by atoms with Gasteiger partial charge in [0.2, 0.25) is 0 Å². The average Bonchev–Trinajstić information content (AvgIpc) is 2.32. The number of rotatable bonds is 5. The summed E-state index contributed by atoms with van der Waals surface area (Å²) in [6.07, 6.45) is 1.82. The standard InChI is InChI=1S/C11H15N3O3S2/c12-11-10-8(13-19(15,16)14-11)4-3-5-9(10)17-6-1-2-7-18/h3-5,13,18H,1-2,6-7H2,(H2,12,14). The second kappa shape index (κ2) is 5.70. The zero-order valence-corrected chi connectivity index (χ0v) is 11.9. The Hall–Kier alpha value is -1.41. The average molecular weight is 301 g/mol. The fourth-order valence-electron chi connectivity index (χ4n) is 1.73. The third-order valence-electron chi connectivity index (χ3n) is 2.55.